The lowest BCUT2D eigenvalue weighted by Crippen LogP contribution is -2.44. The first-order chi connectivity index (χ1) is 8.34. The van der Waals surface area contributed by atoms with Gasteiger partial charge < -0.3 is 5.73 Å². The third kappa shape index (κ3) is 4.27. The molecule has 6 heteroatoms. The Morgan fingerprint density at radius 3 is 2.22 bits per heavy atom. The Bertz CT molecular complexity index is 361. The van der Waals surface area contributed by atoms with Gasteiger partial charge in [-0.25, -0.2) is 4.39 Å². The van der Waals surface area contributed by atoms with Crippen LogP contribution in [0.25, 0.3) is 0 Å². The van der Waals surface area contributed by atoms with Gasteiger partial charge in [0.1, 0.15) is 11.9 Å². The maximum absolute atomic E-state index is 12.8. The average Bonchev–Trinajstić information content (AvgIpc) is 2.27. The van der Waals surface area contributed by atoms with E-state index in [4.69, 9.17) is 5.73 Å². The summed E-state index contributed by atoms with van der Waals surface area (Å²) in [5.74, 6) is -0.407. The first-order valence-electron chi connectivity index (χ1n) is 5.56. The van der Waals surface area contributed by atoms with Gasteiger partial charge in [-0.2, -0.15) is 13.2 Å². The molecule has 0 radical (unpaired) electrons. The number of hydrogen-bond donors (Lipinski definition) is 1. The predicted molar refractivity (Wildman–Crippen MR) is 61.4 cm³/mol. The van der Waals surface area contributed by atoms with Gasteiger partial charge in [-0.3, -0.25) is 4.90 Å². The van der Waals surface area contributed by atoms with Crippen molar-refractivity contribution in [2.45, 2.75) is 25.2 Å². The first kappa shape index (κ1) is 14.9. The third-order valence-corrected chi connectivity index (χ3v) is 2.70. The van der Waals surface area contributed by atoms with Crippen LogP contribution in [0.15, 0.2) is 24.3 Å². The summed E-state index contributed by atoms with van der Waals surface area (Å²) in [6.07, 6.45) is -4.46. The molecule has 0 bridgehead atoms. The molecule has 102 valence electrons. The number of alkyl halides is 3. The Hall–Kier alpha value is -1.14. The summed E-state index contributed by atoms with van der Waals surface area (Å²) in [5.41, 5.74) is 5.83. The van der Waals surface area contributed by atoms with Crippen molar-refractivity contribution in [3.63, 3.8) is 0 Å². The molecule has 1 rings (SSSR count). The van der Waals surface area contributed by atoms with E-state index in [0.717, 1.165) is 0 Å². The highest BCUT2D eigenvalue weighted by Crippen LogP contribution is 2.27. The van der Waals surface area contributed by atoms with Crippen LogP contribution in [0.3, 0.4) is 0 Å². The van der Waals surface area contributed by atoms with Crippen LogP contribution in [-0.4, -0.2) is 30.7 Å². The summed E-state index contributed by atoms with van der Waals surface area (Å²) in [4.78, 5) is 1.18. The van der Waals surface area contributed by atoms with Gasteiger partial charge in [0, 0.05) is 6.54 Å². The van der Waals surface area contributed by atoms with Gasteiger partial charge in [-0.1, -0.05) is 12.1 Å². The van der Waals surface area contributed by atoms with Crippen molar-refractivity contribution >= 4 is 0 Å². The van der Waals surface area contributed by atoms with Gasteiger partial charge in [0.2, 0.25) is 0 Å². The SMILES string of the molecule is CN(Cc1ccc(F)cc1)C(CCN)C(F)(F)F. The number of hydrogen-bond acceptors (Lipinski definition) is 2. The Kier molecular flexibility index (Phi) is 5.10. The van der Waals surface area contributed by atoms with Crippen LogP contribution >= 0.6 is 0 Å². The van der Waals surface area contributed by atoms with Crippen molar-refractivity contribution in [1.29, 1.82) is 0 Å². The number of nitrogens with zero attached hydrogens (tertiary/aromatic N) is 1. The molecule has 0 aliphatic carbocycles. The predicted octanol–water partition coefficient (Wildman–Crippen LogP) is 2.54. The van der Waals surface area contributed by atoms with E-state index in [-0.39, 0.29) is 19.5 Å². The molecular weight excluding hydrogens is 248 g/mol. The quantitative estimate of drug-likeness (QED) is 0.828. The van der Waals surface area contributed by atoms with E-state index < -0.39 is 18.0 Å². The Balaban J connectivity index is 2.72. The second-order valence-corrected chi connectivity index (χ2v) is 4.18. The molecule has 0 aromatic heterocycles. The molecule has 0 saturated heterocycles. The number of benzene rings is 1. The molecule has 2 nitrogen and oxygen atoms in total. The first-order valence-corrected chi connectivity index (χ1v) is 5.56. The lowest BCUT2D eigenvalue weighted by atomic mass is 10.1. The molecule has 1 aromatic carbocycles. The van der Waals surface area contributed by atoms with E-state index in [9.17, 15) is 17.6 Å². The van der Waals surface area contributed by atoms with E-state index in [1.54, 1.807) is 0 Å². The zero-order valence-corrected chi connectivity index (χ0v) is 10.0. The van der Waals surface area contributed by atoms with Crippen LogP contribution < -0.4 is 5.73 Å². The van der Waals surface area contributed by atoms with Crippen molar-refractivity contribution in [3.8, 4) is 0 Å². The minimum atomic E-state index is -4.31. The van der Waals surface area contributed by atoms with E-state index in [2.05, 4.69) is 0 Å². The summed E-state index contributed by atoms with van der Waals surface area (Å²) in [6.45, 7) is 0.0718. The monoisotopic (exact) mass is 264 g/mol. The Labute approximate surface area is 103 Å². The fourth-order valence-electron chi connectivity index (χ4n) is 1.78. The van der Waals surface area contributed by atoms with Crippen molar-refractivity contribution in [2.75, 3.05) is 13.6 Å². The molecule has 1 unspecified atom stereocenters. The van der Waals surface area contributed by atoms with E-state index in [1.807, 2.05) is 0 Å². The highest BCUT2D eigenvalue weighted by Gasteiger charge is 2.41. The van der Waals surface area contributed by atoms with Crippen LogP contribution in [0.2, 0.25) is 0 Å². The smallest absolute Gasteiger partial charge is 0.330 e. The molecule has 0 spiro atoms. The van der Waals surface area contributed by atoms with E-state index in [0.29, 0.717) is 5.56 Å². The van der Waals surface area contributed by atoms with Crippen molar-refractivity contribution in [1.82, 2.24) is 4.90 Å². The average molecular weight is 264 g/mol. The molecule has 2 N–H and O–H groups in total. The Morgan fingerprint density at radius 2 is 1.78 bits per heavy atom. The van der Waals surface area contributed by atoms with Crippen LogP contribution in [0, 0.1) is 5.82 Å². The molecule has 0 heterocycles. The lowest BCUT2D eigenvalue weighted by molar-refractivity contribution is -0.182. The largest absolute Gasteiger partial charge is 0.404 e. The highest BCUT2D eigenvalue weighted by atomic mass is 19.4. The van der Waals surface area contributed by atoms with Crippen LogP contribution in [0.1, 0.15) is 12.0 Å². The van der Waals surface area contributed by atoms with Gasteiger partial charge in [0.15, 0.2) is 0 Å². The van der Waals surface area contributed by atoms with Crippen molar-refractivity contribution < 1.29 is 17.6 Å². The zero-order chi connectivity index (χ0) is 13.8. The molecular formula is C12H16F4N2. The molecule has 1 aromatic rings. The van der Waals surface area contributed by atoms with Crippen molar-refractivity contribution in [3.05, 3.63) is 35.6 Å². The maximum Gasteiger partial charge on any atom is 0.404 e. The highest BCUT2D eigenvalue weighted by molar-refractivity contribution is 5.16. The maximum atomic E-state index is 12.8. The van der Waals surface area contributed by atoms with Crippen LogP contribution in [0.4, 0.5) is 17.6 Å². The molecule has 18 heavy (non-hydrogen) atoms. The zero-order valence-electron chi connectivity index (χ0n) is 10.0. The molecule has 0 amide bonds. The Morgan fingerprint density at radius 1 is 1.22 bits per heavy atom. The molecule has 0 saturated carbocycles. The second-order valence-electron chi connectivity index (χ2n) is 4.18. The minimum Gasteiger partial charge on any atom is -0.330 e. The molecule has 0 aliphatic rings. The van der Waals surface area contributed by atoms with Crippen LogP contribution in [-0.2, 0) is 6.54 Å². The number of nitrogens with two attached hydrogens (primary N) is 1. The van der Waals surface area contributed by atoms with Gasteiger partial charge in [-0.15, -0.1) is 0 Å². The molecule has 1 atom stereocenters. The van der Waals surface area contributed by atoms with Gasteiger partial charge >= 0.3 is 6.18 Å². The van der Waals surface area contributed by atoms with Gasteiger partial charge in [0.25, 0.3) is 0 Å². The molecule has 0 fully saturated rings. The summed E-state index contributed by atoms with van der Waals surface area (Å²) < 4.78 is 51.0. The lowest BCUT2D eigenvalue weighted by Gasteiger charge is -2.29. The summed E-state index contributed by atoms with van der Waals surface area (Å²) in [5, 5.41) is 0. The van der Waals surface area contributed by atoms with Crippen LogP contribution in [0.5, 0.6) is 0 Å². The van der Waals surface area contributed by atoms with Gasteiger partial charge in [-0.05, 0) is 37.7 Å². The number of halogens is 4. The third-order valence-electron chi connectivity index (χ3n) is 2.70. The minimum absolute atomic E-state index is 0.0298. The number of rotatable bonds is 5. The van der Waals surface area contributed by atoms with Crippen molar-refractivity contribution in [2.24, 2.45) is 5.73 Å². The summed E-state index contributed by atoms with van der Waals surface area (Å²) in [7, 11) is 1.39. The normalized spacial score (nSPS) is 13.9. The summed E-state index contributed by atoms with van der Waals surface area (Å²) >= 11 is 0. The fourth-order valence-corrected chi connectivity index (χ4v) is 1.78. The van der Waals surface area contributed by atoms with E-state index >= 15 is 0 Å². The van der Waals surface area contributed by atoms with Gasteiger partial charge in [0.05, 0.1) is 0 Å². The van der Waals surface area contributed by atoms with E-state index in [1.165, 1.54) is 36.2 Å². The standard InChI is InChI=1S/C12H16F4N2/c1-18(11(6-7-17)12(14,15)16)8-9-2-4-10(13)5-3-9/h2-5,11H,6-8,17H2,1H3. The topological polar surface area (TPSA) is 29.3 Å². The fraction of sp³-hybridized carbons (Fsp3) is 0.500. The second kappa shape index (κ2) is 6.15. The molecule has 0 aliphatic heterocycles. The summed E-state index contributed by atoms with van der Waals surface area (Å²) in [6, 6.07) is 3.83.